The van der Waals surface area contributed by atoms with Crippen molar-refractivity contribution in [3.05, 3.63) is 82.6 Å². The lowest BCUT2D eigenvalue weighted by atomic mass is 10.1. The van der Waals surface area contributed by atoms with Crippen LogP contribution in [0.25, 0.3) is 0 Å². The number of pyridine rings is 1. The van der Waals surface area contributed by atoms with E-state index >= 15 is 0 Å². The lowest BCUT2D eigenvalue weighted by Gasteiger charge is -2.37. The average molecular weight is 609 g/mol. The van der Waals surface area contributed by atoms with Gasteiger partial charge in [0.15, 0.2) is 0 Å². The van der Waals surface area contributed by atoms with Gasteiger partial charge in [0.25, 0.3) is 5.91 Å². The third kappa shape index (κ3) is 8.88. The zero-order chi connectivity index (χ0) is 28.4. The van der Waals surface area contributed by atoms with Gasteiger partial charge in [-0.3, -0.25) is 9.78 Å². The Hall–Kier alpha value is -3.80. The maximum atomic E-state index is 12.8. The van der Waals surface area contributed by atoms with Crippen LogP contribution in [0.15, 0.2) is 71.5 Å². The molecule has 1 aliphatic rings. The number of carbonyl (C=O) groups is 2. The quantitative estimate of drug-likeness (QED) is 0.398. The fourth-order valence-electron chi connectivity index (χ4n) is 3.99. The predicted octanol–water partition coefficient (Wildman–Crippen LogP) is 4.79. The van der Waals surface area contributed by atoms with E-state index in [2.05, 4.69) is 42.1 Å². The largest absolute Gasteiger partial charge is 0.496 e. The molecule has 0 bridgehead atoms. The molecular formula is C27H28BrF3N4O4. The number of hydrogen-bond acceptors (Lipinski definition) is 6. The molecule has 1 fully saturated rings. The Labute approximate surface area is 232 Å². The average Bonchev–Trinajstić information content (AvgIpc) is 2.93. The predicted molar refractivity (Wildman–Crippen MR) is 146 cm³/mol. The Morgan fingerprint density at radius 2 is 1.59 bits per heavy atom. The van der Waals surface area contributed by atoms with Crippen molar-refractivity contribution < 1.29 is 32.6 Å². The minimum Gasteiger partial charge on any atom is -0.496 e. The molecule has 0 saturated carbocycles. The van der Waals surface area contributed by atoms with Gasteiger partial charge in [-0.25, -0.2) is 4.79 Å². The first-order chi connectivity index (χ1) is 18.6. The van der Waals surface area contributed by atoms with Gasteiger partial charge in [-0.2, -0.15) is 13.2 Å². The second kappa shape index (κ2) is 13.8. The maximum Gasteiger partial charge on any atom is 0.490 e. The normalized spacial score (nSPS) is 13.3. The van der Waals surface area contributed by atoms with Gasteiger partial charge in [0, 0.05) is 66.5 Å². The molecule has 1 saturated heterocycles. The number of carbonyl (C=O) groups excluding carboxylic acids is 1. The highest BCUT2D eigenvalue weighted by Gasteiger charge is 2.38. The molecule has 12 heteroatoms. The number of carboxylic acid groups (broad SMARTS) is 1. The summed E-state index contributed by atoms with van der Waals surface area (Å²) in [5.74, 6) is -1.98. The molecule has 4 rings (SSSR count). The highest BCUT2D eigenvalue weighted by Crippen LogP contribution is 2.25. The first kappa shape index (κ1) is 29.8. The second-order valence-electron chi connectivity index (χ2n) is 8.50. The number of methoxy groups -OCH3 is 1. The topological polar surface area (TPSA) is 95.0 Å². The van der Waals surface area contributed by atoms with Crippen LogP contribution in [0.1, 0.15) is 15.9 Å². The molecule has 0 radical (unpaired) electrons. The Balaban J connectivity index is 0.000000532. The lowest BCUT2D eigenvalue weighted by Crippen LogP contribution is -2.46. The van der Waals surface area contributed by atoms with Gasteiger partial charge >= 0.3 is 12.1 Å². The minimum absolute atomic E-state index is 0.0714. The molecular weight excluding hydrogens is 581 g/mol. The van der Waals surface area contributed by atoms with Crippen molar-refractivity contribution in [3.63, 3.8) is 0 Å². The molecule has 3 aromatic rings. The highest BCUT2D eigenvalue weighted by atomic mass is 79.9. The first-order valence-electron chi connectivity index (χ1n) is 12.0. The minimum atomic E-state index is -5.08. The Morgan fingerprint density at radius 1 is 1.00 bits per heavy atom. The number of anilines is 2. The van der Waals surface area contributed by atoms with Crippen molar-refractivity contribution in [1.82, 2.24) is 10.3 Å². The van der Waals surface area contributed by atoms with Gasteiger partial charge in [0.1, 0.15) is 5.75 Å². The summed E-state index contributed by atoms with van der Waals surface area (Å²) in [7, 11) is 1.66. The van der Waals surface area contributed by atoms with Crippen molar-refractivity contribution in [3.8, 4) is 5.75 Å². The van der Waals surface area contributed by atoms with Crippen LogP contribution >= 0.6 is 15.9 Å². The summed E-state index contributed by atoms with van der Waals surface area (Å²) in [6.07, 6.45) is -0.711. The number of hydrogen-bond donors (Lipinski definition) is 2. The number of aromatic nitrogens is 1. The van der Waals surface area contributed by atoms with E-state index in [0.717, 1.165) is 47.7 Å². The maximum absolute atomic E-state index is 12.8. The molecule has 1 aliphatic heterocycles. The third-order valence-corrected chi connectivity index (χ3v) is 6.39. The second-order valence-corrected chi connectivity index (χ2v) is 9.41. The SMILES string of the molecule is COc1ccccc1CCNC(=O)c1cc(Br)cc(N2CCN(c3ccncc3)CC2)c1.O=C(O)C(F)(F)F. The Morgan fingerprint density at radius 3 is 2.18 bits per heavy atom. The molecule has 2 N–H and O–H groups in total. The van der Waals surface area contributed by atoms with Crippen molar-refractivity contribution in [2.75, 3.05) is 49.6 Å². The molecule has 0 unspecified atom stereocenters. The van der Waals surface area contributed by atoms with Crippen LogP contribution in [0, 0.1) is 0 Å². The van der Waals surface area contributed by atoms with Gasteiger partial charge in [0.05, 0.1) is 7.11 Å². The fraction of sp³-hybridized carbons (Fsp3) is 0.296. The summed E-state index contributed by atoms with van der Waals surface area (Å²) in [6.45, 7) is 4.20. The van der Waals surface area contributed by atoms with Crippen LogP contribution in [-0.4, -0.2) is 68.0 Å². The number of para-hydroxylation sites is 1. The van der Waals surface area contributed by atoms with E-state index in [0.29, 0.717) is 18.5 Å². The van der Waals surface area contributed by atoms with Crippen molar-refractivity contribution in [2.24, 2.45) is 0 Å². The number of amides is 1. The lowest BCUT2D eigenvalue weighted by molar-refractivity contribution is -0.192. The molecule has 1 amide bonds. The first-order valence-corrected chi connectivity index (χ1v) is 12.8. The van der Waals surface area contributed by atoms with E-state index in [-0.39, 0.29) is 5.91 Å². The molecule has 2 heterocycles. The molecule has 208 valence electrons. The summed E-state index contributed by atoms with van der Waals surface area (Å²) in [5, 5.41) is 10.2. The van der Waals surface area contributed by atoms with Gasteiger partial charge in [-0.15, -0.1) is 0 Å². The summed E-state index contributed by atoms with van der Waals surface area (Å²) < 4.78 is 38.0. The van der Waals surface area contributed by atoms with Crippen LogP contribution in [-0.2, 0) is 11.2 Å². The summed E-state index contributed by atoms with van der Waals surface area (Å²) in [5.41, 5.74) is 4.00. The number of piperazine rings is 1. The standard InChI is InChI=1S/C25H27BrN4O2.C2HF3O2/c1-32-24-5-3-2-4-19(24)6-11-28-25(31)20-16-21(26)18-23(17-20)30-14-12-29(13-15-30)22-7-9-27-10-8-22;3-2(4,5)1(6)7/h2-5,7-10,16-18H,6,11-15H2,1H3,(H,28,31);(H,6,7). The van der Waals surface area contributed by atoms with Crippen LogP contribution in [0.3, 0.4) is 0 Å². The molecule has 1 aromatic heterocycles. The zero-order valence-electron chi connectivity index (χ0n) is 21.1. The fourth-order valence-corrected chi connectivity index (χ4v) is 4.47. The number of nitrogens with one attached hydrogen (secondary N) is 1. The zero-order valence-corrected chi connectivity index (χ0v) is 22.7. The number of carboxylic acids is 1. The number of rotatable bonds is 7. The number of benzene rings is 2. The van der Waals surface area contributed by atoms with Gasteiger partial charge in [0.2, 0.25) is 0 Å². The monoisotopic (exact) mass is 608 g/mol. The molecule has 0 spiro atoms. The van der Waals surface area contributed by atoms with E-state index in [1.807, 2.05) is 60.9 Å². The molecule has 8 nitrogen and oxygen atoms in total. The number of nitrogens with zero attached hydrogens (tertiary/aromatic N) is 3. The van der Waals surface area contributed by atoms with Gasteiger partial charge in [-0.1, -0.05) is 34.1 Å². The van der Waals surface area contributed by atoms with E-state index in [9.17, 15) is 18.0 Å². The Bertz CT molecular complexity index is 1250. The van der Waals surface area contributed by atoms with E-state index < -0.39 is 12.1 Å². The van der Waals surface area contributed by atoms with E-state index in [1.54, 1.807) is 7.11 Å². The summed E-state index contributed by atoms with van der Waals surface area (Å²) in [6, 6.07) is 17.9. The number of aliphatic carboxylic acids is 1. The van der Waals surface area contributed by atoms with Crippen LogP contribution < -0.4 is 19.9 Å². The summed E-state index contributed by atoms with van der Waals surface area (Å²) in [4.78, 5) is 30.5. The highest BCUT2D eigenvalue weighted by molar-refractivity contribution is 9.10. The van der Waals surface area contributed by atoms with Crippen LogP contribution in [0.5, 0.6) is 5.75 Å². The van der Waals surface area contributed by atoms with E-state index in [4.69, 9.17) is 14.6 Å². The molecule has 2 aromatic carbocycles. The van der Waals surface area contributed by atoms with Crippen molar-refractivity contribution >= 4 is 39.2 Å². The molecule has 0 atom stereocenters. The summed E-state index contributed by atoms with van der Waals surface area (Å²) >= 11 is 3.58. The van der Waals surface area contributed by atoms with Crippen molar-refractivity contribution in [2.45, 2.75) is 12.6 Å². The number of ether oxygens (including phenoxy) is 1. The molecule has 39 heavy (non-hydrogen) atoms. The Kier molecular flexibility index (Phi) is 10.6. The third-order valence-electron chi connectivity index (χ3n) is 5.93. The smallest absolute Gasteiger partial charge is 0.490 e. The van der Waals surface area contributed by atoms with E-state index in [1.165, 1.54) is 5.69 Å². The number of alkyl halides is 3. The van der Waals surface area contributed by atoms with Crippen LogP contribution in [0.2, 0.25) is 0 Å². The molecule has 0 aliphatic carbocycles. The number of halogens is 4. The van der Waals surface area contributed by atoms with Crippen LogP contribution in [0.4, 0.5) is 24.5 Å². The van der Waals surface area contributed by atoms with Crippen molar-refractivity contribution in [1.29, 1.82) is 0 Å². The van der Waals surface area contributed by atoms with Gasteiger partial charge < -0.3 is 25.0 Å². The van der Waals surface area contributed by atoms with Gasteiger partial charge in [-0.05, 0) is 48.4 Å².